The first-order valence-corrected chi connectivity index (χ1v) is 6.13. The van der Waals surface area contributed by atoms with Gasteiger partial charge < -0.3 is 10.3 Å². The smallest absolute Gasteiger partial charge is 0.347 e. The van der Waals surface area contributed by atoms with Crippen molar-refractivity contribution in [1.29, 1.82) is 0 Å². The largest absolute Gasteiger partial charge is 0.370 e. The van der Waals surface area contributed by atoms with E-state index in [1.54, 1.807) is 6.20 Å². The van der Waals surface area contributed by atoms with Gasteiger partial charge in [-0.25, -0.2) is 4.79 Å². The van der Waals surface area contributed by atoms with Crippen LogP contribution in [0.25, 0.3) is 11.4 Å². The summed E-state index contributed by atoms with van der Waals surface area (Å²) < 4.78 is 0. The van der Waals surface area contributed by atoms with Crippen molar-refractivity contribution in [3.8, 4) is 11.4 Å². The second kappa shape index (κ2) is 4.60. The van der Waals surface area contributed by atoms with E-state index in [2.05, 4.69) is 20.3 Å². The van der Waals surface area contributed by atoms with Crippen LogP contribution in [-0.4, -0.2) is 21.5 Å². The van der Waals surface area contributed by atoms with Crippen LogP contribution in [0.4, 0.5) is 5.82 Å². The monoisotopic (exact) mass is 242 g/mol. The number of aromatic amines is 1. The number of pyridine rings is 1. The Balaban J connectivity index is 2.20. The summed E-state index contributed by atoms with van der Waals surface area (Å²) in [5.74, 6) is 0.705. The zero-order valence-corrected chi connectivity index (χ0v) is 9.94. The van der Waals surface area contributed by atoms with Gasteiger partial charge in [0.15, 0.2) is 0 Å². The maximum Gasteiger partial charge on any atom is 0.347 e. The maximum atomic E-state index is 11.6. The Bertz CT molecular complexity index is 606. The van der Waals surface area contributed by atoms with Crippen LogP contribution in [0.3, 0.4) is 0 Å². The van der Waals surface area contributed by atoms with E-state index in [-0.39, 0.29) is 5.69 Å². The number of fused-ring (bicyclic) bond motifs is 1. The van der Waals surface area contributed by atoms with Crippen molar-refractivity contribution in [3.63, 3.8) is 0 Å². The molecule has 92 valence electrons. The third-order valence-corrected chi connectivity index (χ3v) is 3.10. The van der Waals surface area contributed by atoms with Gasteiger partial charge in [-0.05, 0) is 31.4 Å². The molecule has 0 saturated carbocycles. The lowest BCUT2D eigenvalue weighted by atomic mass is 10.1. The maximum absolute atomic E-state index is 11.6. The van der Waals surface area contributed by atoms with Crippen LogP contribution in [-0.2, 0) is 6.42 Å². The third-order valence-electron chi connectivity index (χ3n) is 3.10. The molecular formula is C13H14N4O. The zero-order chi connectivity index (χ0) is 12.4. The highest BCUT2D eigenvalue weighted by Gasteiger charge is 2.16. The van der Waals surface area contributed by atoms with Crippen LogP contribution >= 0.6 is 0 Å². The molecule has 0 amide bonds. The van der Waals surface area contributed by atoms with Crippen LogP contribution in [0.2, 0.25) is 0 Å². The molecular weight excluding hydrogens is 228 g/mol. The van der Waals surface area contributed by atoms with Gasteiger partial charge in [-0.3, -0.25) is 4.98 Å². The minimum Gasteiger partial charge on any atom is -0.370 e. The summed E-state index contributed by atoms with van der Waals surface area (Å²) in [5.41, 5.74) is 2.31. The highest BCUT2D eigenvalue weighted by Crippen LogP contribution is 2.26. The Morgan fingerprint density at radius 3 is 3.00 bits per heavy atom. The Kier molecular flexibility index (Phi) is 2.80. The van der Waals surface area contributed by atoms with E-state index >= 15 is 0 Å². The van der Waals surface area contributed by atoms with E-state index in [0.29, 0.717) is 5.82 Å². The second-order valence-electron chi connectivity index (χ2n) is 4.34. The van der Waals surface area contributed by atoms with Gasteiger partial charge >= 0.3 is 5.69 Å². The van der Waals surface area contributed by atoms with Crippen molar-refractivity contribution >= 4 is 5.82 Å². The van der Waals surface area contributed by atoms with Gasteiger partial charge in [0.2, 0.25) is 0 Å². The predicted molar refractivity (Wildman–Crippen MR) is 69.5 cm³/mol. The highest BCUT2D eigenvalue weighted by molar-refractivity contribution is 5.65. The third kappa shape index (κ3) is 1.99. The number of nitrogens with one attached hydrogen (secondary N) is 2. The molecule has 0 bridgehead atoms. The lowest BCUT2D eigenvalue weighted by Gasteiger charge is -2.10. The fraction of sp³-hybridized carbons (Fsp3) is 0.308. The first-order chi connectivity index (χ1) is 8.84. The molecule has 0 aliphatic carbocycles. The van der Waals surface area contributed by atoms with Gasteiger partial charge in [-0.2, -0.15) is 4.98 Å². The topological polar surface area (TPSA) is 70.7 Å². The summed E-state index contributed by atoms with van der Waals surface area (Å²) >= 11 is 0. The lowest BCUT2D eigenvalue weighted by molar-refractivity contribution is 0.784. The fourth-order valence-corrected chi connectivity index (χ4v) is 2.25. The second-order valence-corrected chi connectivity index (χ2v) is 4.34. The molecule has 5 heteroatoms. The Morgan fingerprint density at radius 2 is 2.17 bits per heavy atom. The number of rotatable bonds is 1. The van der Waals surface area contributed by atoms with E-state index in [1.165, 1.54) is 0 Å². The first kappa shape index (κ1) is 11.0. The van der Waals surface area contributed by atoms with Gasteiger partial charge in [0.05, 0.1) is 11.4 Å². The van der Waals surface area contributed by atoms with E-state index in [1.807, 2.05) is 18.2 Å². The first-order valence-electron chi connectivity index (χ1n) is 6.13. The molecule has 5 nitrogen and oxygen atoms in total. The van der Waals surface area contributed by atoms with E-state index in [0.717, 1.165) is 42.8 Å². The molecule has 2 N–H and O–H groups in total. The minimum absolute atomic E-state index is 0.330. The average molecular weight is 242 g/mol. The molecule has 0 saturated heterocycles. The number of anilines is 1. The van der Waals surface area contributed by atoms with E-state index < -0.39 is 0 Å². The van der Waals surface area contributed by atoms with Crippen LogP contribution in [0.15, 0.2) is 29.2 Å². The van der Waals surface area contributed by atoms with Crippen molar-refractivity contribution in [2.45, 2.75) is 19.3 Å². The quantitative estimate of drug-likeness (QED) is 0.796. The zero-order valence-electron chi connectivity index (χ0n) is 9.94. The molecule has 3 rings (SSSR count). The van der Waals surface area contributed by atoms with Crippen LogP contribution in [0, 0.1) is 0 Å². The standard InChI is InChI=1S/C13H14N4O/c18-13-16-11(10-6-2-4-7-14-10)9-5-1-3-8-15-12(9)17-13/h2,4,6-7H,1,3,5,8H2,(H2,15,16,17,18). The summed E-state index contributed by atoms with van der Waals surface area (Å²) in [5, 5.41) is 3.22. The molecule has 0 unspecified atom stereocenters. The van der Waals surface area contributed by atoms with Gasteiger partial charge in [0.1, 0.15) is 5.82 Å². The number of aromatic nitrogens is 3. The highest BCUT2D eigenvalue weighted by atomic mass is 16.1. The van der Waals surface area contributed by atoms with E-state index in [9.17, 15) is 4.79 Å². The molecule has 1 aliphatic rings. The molecule has 1 aliphatic heterocycles. The van der Waals surface area contributed by atoms with Crippen molar-refractivity contribution in [1.82, 2.24) is 15.0 Å². The Hall–Kier alpha value is -2.17. The Morgan fingerprint density at radius 1 is 1.22 bits per heavy atom. The summed E-state index contributed by atoms with van der Waals surface area (Å²) in [6.07, 6.45) is 4.82. The van der Waals surface area contributed by atoms with Crippen LogP contribution in [0.1, 0.15) is 18.4 Å². The SMILES string of the molecule is O=c1nc2c(c(-c3ccccn3)[nH]1)CCCCN2. The van der Waals surface area contributed by atoms with Crippen molar-refractivity contribution in [2.24, 2.45) is 0 Å². The van der Waals surface area contributed by atoms with Crippen LogP contribution < -0.4 is 11.0 Å². The van der Waals surface area contributed by atoms with E-state index in [4.69, 9.17) is 0 Å². The molecule has 0 radical (unpaired) electrons. The minimum atomic E-state index is -0.330. The molecule has 3 heterocycles. The average Bonchev–Trinajstić information content (AvgIpc) is 2.64. The molecule has 0 atom stereocenters. The van der Waals surface area contributed by atoms with Gasteiger partial charge in [0.25, 0.3) is 0 Å². The van der Waals surface area contributed by atoms with Crippen molar-refractivity contribution in [3.05, 3.63) is 40.4 Å². The normalized spacial score (nSPS) is 14.4. The molecule has 18 heavy (non-hydrogen) atoms. The molecule has 2 aromatic rings. The number of H-pyrrole nitrogens is 1. The molecule has 0 aromatic carbocycles. The van der Waals surface area contributed by atoms with Gasteiger partial charge in [-0.15, -0.1) is 0 Å². The molecule has 0 spiro atoms. The lowest BCUT2D eigenvalue weighted by Crippen LogP contribution is -2.17. The molecule has 2 aromatic heterocycles. The number of nitrogens with zero attached hydrogens (tertiary/aromatic N) is 2. The number of hydrogen-bond acceptors (Lipinski definition) is 4. The van der Waals surface area contributed by atoms with Gasteiger partial charge in [-0.1, -0.05) is 6.07 Å². The summed E-state index contributed by atoms with van der Waals surface area (Å²) in [6.45, 7) is 0.866. The number of hydrogen-bond donors (Lipinski definition) is 2. The predicted octanol–water partition coefficient (Wildman–Crippen LogP) is 1.58. The van der Waals surface area contributed by atoms with Crippen molar-refractivity contribution in [2.75, 3.05) is 11.9 Å². The van der Waals surface area contributed by atoms with Crippen molar-refractivity contribution < 1.29 is 0 Å². The fourth-order valence-electron chi connectivity index (χ4n) is 2.25. The van der Waals surface area contributed by atoms with Gasteiger partial charge in [0, 0.05) is 18.3 Å². The summed E-state index contributed by atoms with van der Waals surface area (Å²) in [4.78, 5) is 22.7. The van der Waals surface area contributed by atoms with Crippen LogP contribution in [0.5, 0.6) is 0 Å². The summed E-state index contributed by atoms with van der Waals surface area (Å²) in [7, 11) is 0. The molecule has 0 fully saturated rings. The Labute approximate surface area is 104 Å². The summed E-state index contributed by atoms with van der Waals surface area (Å²) in [6, 6.07) is 5.67.